The number of hydrogen-bond acceptors (Lipinski definition) is 5. The Bertz CT molecular complexity index is 1340. The van der Waals surface area contributed by atoms with Crippen LogP contribution in [-0.4, -0.2) is 42.8 Å². The molecule has 176 valence electrons. The highest BCUT2D eigenvalue weighted by molar-refractivity contribution is 7.99. The number of amides is 2. The first-order valence-electron chi connectivity index (χ1n) is 11.7. The largest absolute Gasteiger partial charge is 0.352 e. The fraction of sp³-hybridized carbons (Fsp3) is 0.360. The summed E-state index contributed by atoms with van der Waals surface area (Å²) in [5.74, 6) is 0.686. The Morgan fingerprint density at radius 3 is 2.59 bits per heavy atom. The van der Waals surface area contributed by atoms with Crippen molar-refractivity contribution >= 4 is 46.1 Å². The van der Waals surface area contributed by atoms with Crippen molar-refractivity contribution in [2.24, 2.45) is 0 Å². The first-order valence-corrected chi connectivity index (χ1v) is 12.7. The summed E-state index contributed by atoms with van der Waals surface area (Å²) < 4.78 is 3.82. The number of benzene rings is 2. The van der Waals surface area contributed by atoms with Gasteiger partial charge in [0.25, 0.3) is 0 Å². The second-order valence-electron chi connectivity index (χ2n) is 8.80. The van der Waals surface area contributed by atoms with E-state index in [1.165, 1.54) is 31.0 Å². The number of imidazole rings is 1. The molecule has 0 radical (unpaired) electrons. The molecule has 2 N–H and O–H groups in total. The number of fused-ring (bicyclic) bond motifs is 3. The van der Waals surface area contributed by atoms with E-state index in [2.05, 4.69) is 20.8 Å². The minimum atomic E-state index is -0.108. The van der Waals surface area contributed by atoms with Gasteiger partial charge in [0.2, 0.25) is 17.6 Å². The number of nitrogens with one attached hydrogen (secondary N) is 2. The SMILES string of the molecule is Cc1cccc(NC(=O)CSc2nnc3n(CC(=O)NC4CCCCC4)c4ccccc4n23)c1. The normalized spacial score (nSPS) is 14.5. The van der Waals surface area contributed by atoms with Gasteiger partial charge < -0.3 is 10.6 Å². The van der Waals surface area contributed by atoms with E-state index in [0.29, 0.717) is 10.9 Å². The smallest absolute Gasteiger partial charge is 0.240 e. The zero-order valence-electron chi connectivity index (χ0n) is 19.2. The summed E-state index contributed by atoms with van der Waals surface area (Å²) in [6, 6.07) is 15.8. The second kappa shape index (κ2) is 9.89. The number of hydrogen-bond donors (Lipinski definition) is 2. The van der Waals surface area contributed by atoms with E-state index in [0.717, 1.165) is 35.1 Å². The number of nitrogens with zero attached hydrogens (tertiary/aromatic N) is 4. The topological polar surface area (TPSA) is 93.3 Å². The van der Waals surface area contributed by atoms with Crippen molar-refractivity contribution in [3.05, 3.63) is 54.1 Å². The first kappa shape index (κ1) is 22.5. The van der Waals surface area contributed by atoms with Crippen molar-refractivity contribution in [2.75, 3.05) is 11.1 Å². The van der Waals surface area contributed by atoms with Gasteiger partial charge in [0, 0.05) is 11.7 Å². The highest BCUT2D eigenvalue weighted by Gasteiger charge is 2.21. The predicted octanol–water partition coefficient (Wildman–Crippen LogP) is 4.17. The Labute approximate surface area is 202 Å². The number of anilines is 1. The molecule has 4 aromatic rings. The molecule has 0 saturated heterocycles. The van der Waals surface area contributed by atoms with Crippen LogP contribution in [0, 0.1) is 6.92 Å². The number of rotatable bonds is 7. The molecule has 5 rings (SSSR count). The Hall–Kier alpha value is -3.33. The molecule has 0 spiro atoms. The fourth-order valence-electron chi connectivity index (χ4n) is 4.60. The third-order valence-corrected chi connectivity index (χ3v) is 7.11. The molecule has 2 heterocycles. The van der Waals surface area contributed by atoms with Gasteiger partial charge in [-0.05, 0) is 49.6 Å². The van der Waals surface area contributed by atoms with E-state index in [1.807, 2.05) is 64.4 Å². The first-order chi connectivity index (χ1) is 16.6. The zero-order chi connectivity index (χ0) is 23.5. The molecule has 0 atom stereocenters. The number of aryl methyl sites for hydroxylation is 1. The highest BCUT2D eigenvalue weighted by Crippen LogP contribution is 2.26. The summed E-state index contributed by atoms with van der Waals surface area (Å²) in [5.41, 5.74) is 3.69. The molecule has 0 bridgehead atoms. The summed E-state index contributed by atoms with van der Waals surface area (Å²) in [7, 11) is 0. The van der Waals surface area contributed by atoms with Crippen molar-refractivity contribution in [3.63, 3.8) is 0 Å². The molecule has 1 aliphatic rings. The number of aromatic nitrogens is 4. The average Bonchev–Trinajstić information content (AvgIpc) is 3.38. The minimum Gasteiger partial charge on any atom is -0.352 e. The van der Waals surface area contributed by atoms with E-state index in [1.54, 1.807) is 0 Å². The monoisotopic (exact) mass is 476 g/mol. The lowest BCUT2D eigenvalue weighted by Crippen LogP contribution is -2.38. The molecule has 2 aromatic carbocycles. The van der Waals surface area contributed by atoms with Crippen molar-refractivity contribution in [3.8, 4) is 0 Å². The second-order valence-corrected chi connectivity index (χ2v) is 9.74. The Morgan fingerprint density at radius 1 is 1.00 bits per heavy atom. The van der Waals surface area contributed by atoms with Crippen LogP contribution in [0.1, 0.15) is 37.7 Å². The zero-order valence-corrected chi connectivity index (χ0v) is 20.0. The van der Waals surface area contributed by atoms with Crippen molar-refractivity contribution in [2.45, 2.75) is 56.8 Å². The van der Waals surface area contributed by atoms with E-state index >= 15 is 0 Å². The molecule has 2 aromatic heterocycles. The molecular weight excluding hydrogens is 448 g/mol. The molecule has 0 unspecified atom stereocenters. The number of thioether (sulfide) groups is 1. The van der Waals surface area contributed by atoms with Crippen LogP contribution in [0.4, 0.5) is 5.69 Å². The van der Waals surface area contributed by atoms with Gasteiger partial charge in [0.15, 0.2) is 5.16 Å². The number of carbonyl (C=O) groups excluding carboxylic acids is 2. The van der Waals surface area contributed by atoms with Gasteiger partial charge in [-0.2, -0.15) is 0 Å². The molecule has 2 amide bonds. The fourth-order valence-corrected chi connectivity index (χ4v) is 5.34. The third kappa shape index (κ3) is 4.79. The molecular formula is C25H28N6O2S. The Morgan fingerprint density at radius 2 is 1.79 bits per heavy atom. The van der Waals surface area contributed by atoms with Gasteiger partial charge in [-0.15, -0.1) is 10.2 Å². The van der Waals surface area contributed by atoms with Gasteiger partial charge in [0.05, 0.1) is 16.8 Å². The number of para-hydroxylation sites is 2. The molecule has 0 aliphatic heterocycles. The van der Waals surface area contributed by atoms with Gasteiger partial charge in [0.1, 0.15) is 6.54 Å². The lowest BCUT2D eigenvalue weighted by molar-refractivity contribution is -0.122. The third-order valence-electron chi connectivity index (χ3n) is 6.18. The molecule has 1 saturated carbocycles. The quantitative estimate of drug-likeness (QED) is 0.391. The van der Waals surface area contributed by atoms with E-state index in [4.69, 9.17) is 0 Å². The maximum atomic E-state index is 12.8. The van der Waals surface area contributed by atoms with Crippen LogP contribution < -0.4 is 10.6 Å². The van der Waals surface area contributed by atoms with E-state index in [-0.39, 0.29) is 30.2 Å². The van der Waals surface area contributed by atoms with Gasteiger partial charge >= 0.3 is 0 Å². The molecule has 1 fully saturated rings. The Balaban J connectivity index is 1.34. The highest BCUT2D eigenvalue weighted by atomic mass is 32.2. The molecule has 1 aliphatic carbocycles. The number of carbonyl (C=O) groups is 2. The average molecular weight is 477 g/mol. The lowest BCUT2D eigenvalue weighted by Gasteiger charge is -2.22. The summed E-state index contributed by atoms with van der Waals surface area (Å²) >= 11 is 1.33. The maximum Gasteiger partial charge on any atom is 0.240 e. The van der Waals surface area contributed by atoms with E-state index < -0.39 is 0 Å². The summed E-state index contributed by atoms with van der Waals surface area (Å²) in [5, 5.41) is 15.4. The maximum absolute atomic E-state index is 12.8. The minimum absolute atomic E-state index is 0.00936. The van der Waals surface area contributed by atoms with Crippen LogP contribution in [-0.2, 0) is 16.1 Å². The van der Waals surface area contributed by atoms with Crippen LogP contribution in [0.15, 0.2) is 53.7 Å². The predicted molar refractivity (Wildman–Crippen MR) is 134 cm³/mol. The molecule has 34 heavy (non-hydrogen) atoms. The Kier molecular flexibility index (Phi) is 6.53. The summed E-state index contributed by atoms with van der Waals surface area (Å²) in [4.78, 5) is 25.3. The van der Waals surface area contributed by atoms with Crippen molar-refractivity contribution in [1.29, 1.82) is 0 Å². The van der Waals surface area contributed by atoms with Crippen LogP contribution in [0.25, 0.3) is 16.8 Å². The van der Waals surface area contributed by atoms with Crippen LogP contribution >= 0.6 is 11.8 Å². The molecule has 8 nitrogen and oxygen atoms in total. The van der Waals surface area contributed by atoms with E-state index in [9.17, 15) is 9.59 Å². The summed E-state index contributed by atoms with van der Waals surface area (Å²) in [6.07, 6.45) is 5.68. The van der Waals surface area contributed by atoms with Gasteiger partial charge in [-0.3, -0.25) is 18.6 Å². The van der Waals surface area contributed by atoms with Crippen LogP contribution in [0.3, 0.4) is 0 Å². The van der Waals surface area contributed by atoms with Crippen LogP contribution in [0.5, 0.6) is 0 Å². The van der Waals surface area contributed by atoms with Crippen LogP contribution in [0.2, 0.25) is 0 Å². The molecule has 9 heteroatoms. The van der Waals surface area contributed by atoms with Gasteiger partial charge in [-0.25, -0.2) is 0 Å². The van der Waals surface area contributed by atoms with Gasteiger partial charge in [-0.1, -0.05) is 55.3 Å². The lowest BCUT2D eigenvalue weighted by atomic mass is 9.95. The van der Waals surface area contributed by atoms with Crippen molar-refractivity contribution < 1.29 is 9.59 Å². The standard InChI is InChI=1S/C25H28N6O2S/c1-17-8-7-11-19(14-17)27-23(33)16-34-25-29-28-24-30(20-12-5-6-13-21(20)31(24)25)15-22(32)26-18-9-3-2-4-10-18/h5-8,11-14,18H,2-4,9-10,15-16H2,1H3,(H,26,32)(H,27,33). The summed E-state index contributed by atoms with van der Waals surface area (Å²) in [6.45, 7) is 2.17. The van der Waals surface area contributed by atoms with Crippen molar-refractivity contribution in [1.82, 2.24) is 24.5 Å².